The first-order valence-electron chi connectivity index (χ1n) is 5.09. The summed E-state index contributed by atoms with van der Waals surface area (Å²) in [6.07, 6.45) is -1.45. The van der Waals surface area contributed by atoms with Gasteiger partial charge in [0, 0.05) is 6.54 Å². The Labute approximate surface area is 96.7 Å². The smallest absolute Gasteiger partial charge is 0.265 e. The van der Waals surface area contributed by atoms with E-state index in [2.05, 4.69) is 11.4 Å². The highest BCUT2D eigenvalue weighted by Crippen LogP contribution is 2.41. The molecule has 0 fully saturated rings. The first kappa shape index (κ1) is 16.0. The maximum atomic E-state index is 11.3. The number of phosphoric acid groups is 1. The Balaban J connectivity index is 4.14. The quantitative estimate of drug-likeness (QED) is 0.499. The van der Waals surface area contributed by atoms with E-state index in [0.29, 0.717) is 0 Å². The van der Waals surface area contributed by atoms with Crippen molar-refractivity contribution in [1.82, 2.24) is 0 Å². The number of nitrogens with two attached hydrogens (primary N) is 1. The maximum Gasteiger partial charge on any atom is 0.265 e. The Morgan fingerprint density at radius 1 is 1.38 bits per heavy atom. The number of hydrogen-bond acceptors (Lipinski definition) is 6. The molecule has 0 rings (SSSR count). The average Bonchev–Trinajstić information content (AvgIpc) is 2.09. The SMILES string of the molecule is [CH2-]C(C)OP(=O)([O-])OC(CN)COC(C)C. The highest BCUT2D eigenvalue weighted by molar-refractivity contribution is 7.45. The summed E-state index contributed by atoms with van der Waals surface area (Å²) in [4.78, 5) is 11.3. The molecular weight excluding hydrogens is 233 g/mol. The number of hydrogen-bond donors (Lipinski definition) is 1. The van der Waals surface area contributed by atoms with Crippen LogP contribution >= 0.6 is 7.82 Å². The highest BCUT2D eigenvalue weighted by Gasteiger charge is 2.17. The van der Waals surface area contributed by atoms with Crippen LogP contribution in [0.15, 0.2) is 0 Å². The summed E-state index contributed by atoms with van der Waals surface area (Å²) in [6, 6.07) is 0. The Morgan fingerprint density at radius 2 is 1.94 bits per heavy atom. The van der Waals surface area contributed by atoms with Gasteiger partial charge in [0.05, 0.1) is 12.7 Å². The van der Waals surface area contributed by atoms with E-state index in [1.807, 2.05) is 13.8 Å². The van der Waals surface area contributed by atoms with E-state index in [0.717, 1.165) is 0 Å². The van der Waals surface area contributed by atoms with Crippen molar-refractivity contribution in [2.24, 2.45) is 5.73 Å². The summed E-state index contributed by atoms with van der Waals surface area (Å²) < 4.78 is 25.8. The van der Waals surface area contributed by atoms with Gasteiger partial charge in [-0.2, -0.15) is 0 Å². The molecule has 0 heterocycles. The molecular formula is C9H20NO5P-2. The molecule has 0 aliphatic rings. The van der Waals surface area contributed by atoms with Crippen molar-refractivity contribution in [2.45, 2.75) is 39.1 Å². The molecule has 0 aromatic heterocycles. The van der Waals surface area contributed by atoms with Crippen LogP contribution in [0, 0.1) is 6.92 Å². The fraction of sp³-hybridized carbons (Fsp3) is 0.889. The van der Waals surface area contributed by atoms with E-state index in [1.165, 1.54) is 6.92 Å². The average molecular weight is 253 g/mol. The second kappa shape index (κ2) is 7.37. The van der Waals surface area contributed by atoms with Gasteiger partial charge in [-0.25, -0.2) is 0 Å². The number of rotatable bonds is 8. The van der Waals surface area contributed by atoms with Gasteiger partial charge in [-0.05, 0) is 13.8 Å². The molecule has 0 bridgehead atoms. The van der Waals surface area contributed by atoms with Crippen LogP contribution in [0.1, 0.15) is 20.8 Å². The molecule has 0 aliphatic carbocycles. The molecule has 2 N–H and O–H groups in total. The second-order valence-electron chi connectivity index (χ2n) is 3.71. The van der Waals surface area contributed by atoms with E-state index < -0.39 is 20.0 Å². The van der Waals surface area contributed by atoms with Gasteiger partial charge >= 0.3 is 0 Å². The zero-order chi connectivity index (χ0) is 12.8. The Kier molecular flexibility index (Phi) is 7.39. The third kappa shape index (κ3) is 8.21. The zero-order valence-corrected chi connectivity index (χ0v) is 10.8. The van der Waals surface area contributed by atoms with Crippen LogP contribution in [0.25, 0.3) is 0 Å². The van der Waals surface area contributed by atoms with E-state index in [9.17, 15) is 9.46 Å². The van der Waals surface area contributed by atoms with Gasteiger partial charge in [0.15, 0.2) is 0 Å². The summed E-state index contributed by atoms with van der Waals surface area (Å²) in [5.41, 5.74) is 5.36. The summed E-state index contributed by atoms with van der Waals surface area (Å²) in [6.45, 7) is 8.70. The summed E-state index contributed by atoms with van der Waals surface area (Å²) >= 11 is 0. The fourth-order valence-corrected chi connectivity index (χ4v) is 1.87. The minimum Gasteiger partial charge on any atom is -0.756 e. The molecule has 0 saturated carbocycles. The Morgan fingerprint density at radius 3 is 2.31 bits per heavy atom. The van der Waals surface area contributed by atoms with E-state index in [1.54, 1.807) is 0 Å². The zero-order valence-electron chi connectivity index (χ0n) is 9.92. The standard InChI is InChI=1S/C9H21NO5P/c1-7(2)13-6-9(5-10)15-16(11,12)14-8(3)4/h7-9H,3,5-6,10H2,1-2,4H3,(H,11,12)/q-1/p-1. The third-order valence-corrected chi connectivity index (χ3v) is 2.64. The van der Waals surface area contributed by atoms with Gasteiger partial charge in [-0.3, -0.25) is 4.57 Å². The number of ether oxygens (including phenoxy) is 1. The minimum atomic E-state index is -4.35. The maximum absolute atomic E-state index is 11.3. The summed E-state index contributed by atoms with van der Waals surface area (Å²) in [5, 5.41) is 0. The summed E-state index contributed by atoms with van der Waals surface area (Å²) in [7, 11) is -4.35. The predicted molar refractivity (Wildman–Crippen MR) is 58.5 cm³/mol. The Bertz CT molecular complexity index is 234. The van der Waals surface area contributed by atoms with Crippen LogP contribution in [0.3, 0.4) is 0 Å². The topological polar surface area (TPSA) is 93.8 Å². The second-order valence-corrected chi connectivity index (χ2v) is 5.02. The molecule has 3 atom stereocenters. The van der Waals surface area contributed by atoms with Crippen molar-refractivity contribution >= 4 is 7.82 Å². The van der Waals surface area contributed by atoms with Crippen molar-refractivity contribution in [3.05, 3.63) is 6.92 Å². The lowest BCUT2D eigenvalue weighted by Crippen LogP contribution is -2.31. The molecule has 98 valence electrons. The van der Waals surface area contributed by atoms with Crippen molar-refractivity contribution in [3.63, 3.8) is 0 Å². The molecule has 0 saturated heterocycles. The van der Waals surface area contributed by atoms with Crippen molar-refractivity contribution in [2.75, 3.05) is 13.2 Å². The highest BCUT2D eigenvalue weighted by atomic mass is 31.2. The molecule has 0 aromatic rings. The summed E-state index contributed by atoms with van der Waals surface area (Å²) in [5.74, 6) is 0. The lowest BCUT2D eigenvalue weighted by atomic mass is 10.4. The van der Waals surface area contributed by atoms with Crippen LogP contribution in [0.5, 0.6) is 0 Å². The van der Waals surface area contributed by atoms with Crippen molar-refractivity contribution in [1.29, 1.82) is 0 Å². The van der Waals surface area contributed by atoms with Gasteiger partial charge in [0.1, 0.15) is 6.10 Å². The van der Waals surface area contributed by atoms with Crippen LogP contribution in [0.2, 0.25) is 0 Å². The van der Waals surface area contributed by atoms with E-state index >= 15 is 0 Å². The lowest BCUT2D eigenvalue weighted by molar-refractivity contribution is -0.233. The molecule has 3 unspecified atom stereocenters. The molecule has 0 spiro atoms. The first-order valence-corrected chi connectivity index (χ1v) is 6.55. The van der Waals surface area contributed by atoms with Crippen LogP contribution in [-0.2, 0) is 18.3 Å². The van der Waals surface area contributed by atoms with Gasteiger partial charge in [0.25, 0.3) is 7.82 Å². The van der Waals surface area contributed by atoms with Gasteiger partial charge in [0.2, 0.25) is 0 Å². The largest absolute Gasteiger partial charge is 0.756 e. The predicted octanol–water partition coefficient (Wildman–Crippen LogP) is 0.463. The monoisotopic (exact) mass is 253 g/mol. The number of phosphoric ester groups is 1. The van der Waals surface area contributed by atoms with Crippen molar-refractivity contribution in [3.8, 4) is 0 Å². The molecule has 0 aliphatic heterocycles. The van der Waals surface area contributed by atoms with Crippen LogP contribution in [0.4, 0.5) is 0 Å². The fourth-order valence-electron chi connectivity index (χ4n) is 0.869. The van der Waals surface area contributed by atoms with Gasteiger partial charge in [-0.1, -0.05) is 13.0 Å². The van der Waals surface area contributed by atoms with Crippen LogP contribution in [-0.4, -0.2) is 31.5 Å². The molecule has 0 amide bonds. The lowest BCUT2D eigenvalue weighted by Gasteiger charge is -2.31. The molecule has 16 heavy (non-hydrogen) atoms. The molecule has 6 nitrogen and oxygen atoms in total. The van der Waals surface area contributed by atoms with Gasteiger partial charge < -0.3 is 31.3 Å². The van der Waals surface area contributed by atoms with E-state index in [-0.39, 0.29) is 19.3 Å². The Hall–Kier alpha value is 0.0300. The first-order chi connectivity index (χ1) is 7.26. The third-order valence-electron chi connectivity index (χ3n) is 1.47. The molecule has 0 aromatic carbocycles. The minimum absolute atomic E-state index is 0.0172. The molecule has 0 radical (unpaired) electrons. The molecule has 7 heteroatoms. The normalized spacial score (nSPS) is 19.4. The van der Waals surface area contributed by atoms with Crippen molar-refractivity contribution < 1.29 is 23.2 Å². The van der Waals surface area contributed by atoms with Crippen LogP contribution < -0.4 is 10.6 Å². The van der Waals surface area contributed by atoms with E-state index in [4.69, 9.17) is 15.0 Å². The van der Waals surface area contributed by atoms with Gasteiger partial charge in [-0.15, -0.1) is 0 Å².